The van der Waals surface area contributed by atoms with Crippen LogP contribution in [0.25, 0.3) is 32.9 Å². The summed E-state index contributed by atoms with van der Waals surface area (Å²) >= 11 is 1.34. The van der Waals surface area contributed by atoms with E-state index in [1.807, 2.05) is 36.1 Å². The molecule has 0 saturated carbocycles. The Morgan fingerprint density at radius 3 is 2.46 bits per heavy atom. The SMILES string of the molecule is CCN(C(N)=O)c1nc2cc(-c3cnc(N4CCC(C)(C(=O)O)CC4)nc3)nc(-c3ccccn3)c2s1. The molecule has 11 nitrogen and oxygen atoms in total. The molecule has 5 heterocycles. The van der Waals surface area contributed by atoms with Crippen LogP contribution in [-0.4, -0.2) is 61.7 Å². The molecular formula is C25H26N8O3S. The Labute approximate surface area is 217 Å². The summed E-state index contributed by atoms with van der Waals surface area (Å²) < 4.78 is 0.796. The van der Waals surface area contributed by atoms with E-state index in [1.165, 1.54) is 16.2 Å². The fourth-order valence-corrected chi connectivity index (χ4v) is 5.39. The number of aromatic nitrogens is 5. The molecule has 2 amide bonds. The van der Waals surface area contributed by atoms with Crippen LogP contribution in [0.5, 0.6) is 0 Å². The first-order valence-electron chi connectivity index (χ1n) is 11.9. The van der Waals surface area contributed by atoms with Crippen LogP contribution in [0.2, 0.25) is 0 Å². The maximum atomic E-state index is 11.9. The summed E-state index contributed by atoms with van der Waals surface area (Å²) in [6.45, 7) is 5.16. The van der Waals surface area contributed by atoms with Gasteiger partial charge in [0.25, 0.3) is 0 Å². The summed E-state index contributed by atoms with van der Waals surface area (Å²) in [6, 6.07) is 6.87. The minimum absolute atomic E-state index is 0.395. The lowest BCUT2D eigenvalue weighted by atomic mass is 9.80. The highest BCUT2D eigenvalue weighted by molar-refractivity contribution is 7.22. The summed E-state index contributed by atoms with van der Waals surface area (Å²) in [7, 11) is 0. The third-order valence-electron chi connectivity index (χ3n) is 6.68. The van der Waals surface area contributed by atoms with Crippen LogP contribution in [0.4, 0.5) is 15.9 Å². The quantitative estimate of drug-likeness (QED) is 0.388. The van der Waals surface area contributed by atoms with Crippen molar-refractivity contribution < 1.29 is 14.7 Å². The van der Waals surface area contributed by atoms with Gasteiger partial charge in [-0.1, -0.05) is 17.4 Å². The normalized spacial score (nSPS) is 15.0. The summed E-state index contributed by atoms with van der Waals surface area (Å²) in [5, 5.41) is 9.97. The van der Waals surface area contributed by atoms with Crippen molar-refractivity contribution in [2.75, 3.05) is 29.4 Å². The van der Waals surface area contributed by atoms with Crippen LogP contribution in [0.1, 0.15) is 26.7 Å². The van der Waals surface area contributed by atoms with Crippen molar-refractivity contribution in [3.63, 3.8) is 0 Å². The fourth-order valence-electron chi connectivity index (χ4n) is 4.28. The van der Waals surface area contributed by atoms with Crippen LogP contribution in [0, 0.1) is 5.41 Å². The van der Waals surface area contributed by atoms with E-state index in [0.29, 0.717) is 71.7 Å². The van der Waals surface area contributed by atoms with Gasteiger partial charge in [-0.05, 0) is 44.9 Å². The van der Waals surface area contributed by atoms with Crippen LogP contribution in [0.15, 0.2) is 42.9 Å². The number of piperidine rings is 1. The summed E-state index contributed by atoms with van der Waals surface area (Å²) in [5.41, 5.74) is 8.15. The maximum Gasteiger partial charge on any atom is 0.321 e. The lowest BCUT2D eigenvalue weighted by Crippen LogP contribution is -2.43. The van der Waals surface area contributed by atoms with Crippen LogP contribution < -0.4 is 15.5 Å². The Morgan fingerprint density at radius 2 is 1.86 bits per heavy atom. The number of carbonyl (C=O) groups excluding carboxylic acids is 1. The van der Waals surface area contributed by atoms with Gasteiger partial charge in [-0.2, -0.15) is 0 Å². The van der Waals surface area contributed by atoms with Gasteiger partial charge in [0.15, 0.2) is 5.13 Å². The molecule has 5 rings (SSSR count). The van der Waals surface area contributed by atoms with E-state index >= 15 is 0 Å². The highest BCUT2D eigenvalue weighted by Gasteiger charge is 2.37. The number of carboxylic acids is 1. The van der Waals surface area contributed by atoms with Crippen molar-refractivity contribution >= 4 is 44.6 Å². The zero-order chi connectivity index (χ0) is 26.2. The van der Waals surface area contributed by atoms with E-state index in [9.17, 15) is 14.7 Å². The van der Waals surface area contributed by atoms with E-state index in [0.717, 1.165) is 4.70 Å². The van der Waals surface area contributed by atoms with E-state index in [2.05, 4.69) is 19.9 Å². The molecule has 0 spiro atoms. The van der Waals surface area contributed by atoms with Gasteiger partial charge in [0.2, 0.25) is 5.95 Å². The van der Waals surface area contributed by atoms with Gasteiger partial charge in [0.1, 0.15) is 5.69 Å². The number of thiazole rings is 1. The molecule has 0 unspecified atom stereocenters. The number of carbonyl (C=O) groups is 2. The second-order valence-electron chi connectivity index (χ2n) is 9.12. The van der Waals surface area contributed by atoms with Crippen molar-refractivity contribution in [2.24, 2.45) is 11.1 Å². The average molecular weight is 519 g/mol. The molecule has 0 aromatic carbocycles. The number of fused-ring (bicyclic) bond motifs is 1. The third-order valence-corrected chi connectivity index (χ3v) is 7.78. The Hall–Kier alpha value is -4.19. The predicted molar refractivity (Wildman–Crippen MR) is 141 cm³/mol. The minimum Gasteiger partial charge on any atom is -0.481 e. The first kappa shape index (κ1) is 24.5. The lowest BCUT2D eigenvalue weighted by molar-refractivity contribution is -0.149. The standard InChI is InChI=1S/C25H26N8O3S/c1-3-33(22(26)36)24-31-18-12-17(30-19(20(18)37-24)16-6-4-5-9-27-16)15-13-28-23(29-14-15)32-10-7-25(2,8-11-32)21(34)35/h4-6,9,12-14H,3,7-8,10-11H2,1-2H3,(H2,26,36)(H,34,35). The molecule has 3 N–H and O–H groups in total. The molecule has 12 heteroatoms. The molecule has 4 aromatic rings. The zero-order valence-electron chi connectivity index (χ0n) is 20.5. The number of urea groups is 1. The van der Waals surface area contributed by atoms with Crippen molar-refractivity contribution in [2.45, 2.75) is 26.7 Å². The molecule has 0 atom stereocenters. The molecule has 1 fully saturated rings. The topological polar surface area (TPSA) is 151 Å². The number of primary amides is 1. The first-order valence-corrected chi connectivity index (χ1v) is 12.7. The van der Waals surface area contributed by atoms with Crippen molar-refractivity contribution in [1.82, 2.24) is 24.9 Å². The predicted octanol–water partition coefficient (Wildman–Crippen LogP) is 3.81. The number of aliphatic carboxylic acids is 1. The fraction of sp³-hybridized carbons (Fsp3) is 0.320. The third kappa shape index (κ3) is 4.67. The summed E-state index contributed by atoms with van der Waals surface area (Å²) in [4.78, 5) is 50.0. The molecule has 37 heavy (non-hydrogen) atoms. The largest absolute Gasteiger partial charge is 0.481 e. The second kappa shape index (κ2) is 9.69. The highest BCUT2D eigenvalue weighted by atomic mass is 32.1. The van der Waals surface area contributed by atoms with Gasteiger partial charge in [-0.3, -0.25) is 14.7 Å². The van der Waals surface area contributed by atoms with Gasteiger partial charge in [-0.15, -0.1) is 0 Å². The molecule has 0 aliphatic carbocycles. The van der Waals surface area contributed by atoms with E-state index in [-0.39, 0.29) is 0 Å². The van der Waals surface area contributed by atoms with Gasteiger partial charge < -0.3 is 15.7 Å². The first-order chi connectivity index (χ1) is 17.8. The Morgan fingerprint density at radius 1 is 1.14 bits per heavy atom. The maximum absolute atomic E-state index is 11.9. The number of nitrogens with zero attached hydrogens (tertiary/aromatic N) is 7. The van der Waals surface area contributed by atoms with Crippen molar-refractivity contribution in [1.29, 1.82) is 0 Å². The van der Waals surface area contributed by atoms with Gasteiger partial charge >= 0.3 is 12.0 Å². The number of hydrogen-bond donors (Lipinski definition) is 2. The van der Waals surface area contributed by atoms with E-state index in [4.69, 9.17) is 10.7 Å². The molecule has 1 aliphatic heterocycles. The monoisotopic (exact) mass is 518 g/mol. The van der Waals surface area contributed by atoms with Gasteiger partial charge in [0.05, 0.1) is 27.0 Å². The van der Waals surface area contributed by atoms with Gasteiger partial charge in [-0.25, -0.2) is 24.7 Å². The minimum atomic E-state index is -0.767. The van der Waals surface area contributed by atoms with E-state index in [1.54, 1.807) is 25.5 Å². The number of amides is 2. The number of pyridine rings is 2. The highest BCUT2D eigenvalue weighted by Crippen LogP contribution is 2.37. The van der Waals surface area contributed by atoms with Gasteiger partial charge in [0, 0.05) is 43.8 Å². The molecule has 4 aromatic heterocycles. The molecule has 1 saturated heterocycles. The average Bonchev–Trinajstić information content (AvgIpc) is 3.33. The summed E-state index contributed by atoms with van der Waals surface area (Å²) in [6.07, 6.45) is 6.18. The smallest absolute Gasteiger partial charge is 0.321 e. The Bertz CT molecular complexity index is 1450. The molecule has 0 radical (unpaired) electrons. The van der Waals surface area contributed by atoms with E-state index < -0.39 is 17.4 Å². The summed E-state index contributed by atoms with van der Waals surface area (Å²) in [5.74, 6) is -0.213. The number of carboxylic acid groups (broad SMARTS) is 1. The second-order valence-corrected chi connectivity index (χ2v) is 10.1. The lowest BCUT2D eigenvalue weighted by Gasteiger charge is -2.36. The number of hydrogen-bond acceptors (Lipinski definition) is 9. The van der Waals surface area contributed by atoms with Crippen LogP contribution in [0.3, 0.4) is 0 Å². The van der Waals surface area contributed by atoms with Crippen molar-refractivity contribution in [3.8, 4) is 22.6 Å². The molecule has 190 valence electrons. The van der Waals surface area contributed by atoms with Crippen LogP contribution >= 0.6 is 11.3 Å². The van der Waals surface area contributed by atoms with Crippen LogP contribution in [-0.2, 0) is 4.79 Å². The number of anilines is 2. The Kier molecular flexibility index (Phi) is 6.42. The Balaban J connectivity index is 1.50. The number of nitrogens with two attached hydrogens (primary N) is 1. The molecule has 0 bridgehead atoms. The van der Waals surface area contributed by atoms with Crippen molar-refractivity contribution in [3.05, 3.63) is 42.9 Å². The molecule has 1 aliphatic rings. The number of rotatable bonds is 6. The molecular weight excluding hydrogens is 492 g/mol. The zero-order valence-corrected chi connectivity index (χ0v) is 21.3.